The topological polar surface area (TPSA) is 60.7 Å². The number of hydrogen-bond donors (Lipinski definition) is 0. The number of fused-ring (bicyclic) bond motifs is 1. The van der Waals surface area contributed by atoms with Crippen LogP contribution in [0.15, 0.2) is 34.8 Å². The molecule has 0 bridgehead atoms. The first-order valence-corrected chi connectivity index (χ1v) is 7.25. The highest BCUT2D eigenvalue weighted by atomic mass is 32.1. The van der Waals surface area contributed by atoms with Gasteiger partial charge in [-0.05, 0) is 19.1 Å². The molecule has 0 aliphatic carbocycles. The highest BCUT2D eigenvalue weighted by molar-refractivity contribution is 7.09. The largest absolute Gasteiger partial charge is 0.298 e. The molecule has 0 aliphatic heterocycles. The molecule has 3 aromatic heterocycles. The third-order valence-electron chi connectivity index (χ3n) is 3.13. The molecule has 0 fully saturated rings. The van der Waals surface area contributed by atoms with E-state index in [1.807, 2.05) is 12.3 Å². The second-order valence-electron chi connectivity index (χ2n) is 4.80. The van der Waals surface area contributed by atoms with Crippen LogP contribution in [0.3, 0.4) is 0 Å². The predicted octanol–water partition coefficient (Wildman–Crippen LogP) is 2.36. The van der Waals surface area contributed by atoms with Crippen molar-refractivity contribution in [2.45, 2.75) is 26.3 Å². The van der Waals surface area contributed by atoms with E-state index in [0.29, 0.717) is 17.6 Å². The zero-order valence-corrected chi connectivity index (χ0v) is 12.1. The van der Waals surface area contributed by atoms with Crippen molar-refractivity contribution in [1.29, 1.82) is 0 Å². The van der Waals surface area contributed by atoms with Crippen LogP contribution in [-0.4, -0.2) is 19.5 Å². The zero-order valence-electron chi connectivity index (χ0n) is 11.3. The molecule has 0 spiro atoms. The summed E-state index contributed by atoms with van der Waals surface area (Å²) < 4.78 is 1.63. The quantitative estimate of drug-likeness (QED) is 0.741. The second kappa shape index (κ2) is 5.13. The summed E-state index contributed by atoms with van der Waals surface area (Å²) in [4.78, 5) is 25.2. The maximum Gasteiger partial charge on any atom is 0.262 e. The van der Waals surface area contributed by atoms with E-state index in [1.54, 1.807) is 40.6 Å². The van der Waals surface area contributed by atoms with Crippen LogP contribution in [-0.2, 0) is 6.54 Å². The molecule has 3 rings (SSSR count). The molecule has 0 unspecified atom stereocenters. The van der Waals surface area contributed by atoms with Crippen molar-refractivity contribution in [3.63, 3.8) is 0 Å². The van der Waals surface area contributed by atoms with Crippen molar-refractivity contribution in [2.24, 2.45) is 0 Å². The van der Waals surface area contributed by atoms with Crippen LogP contribution in [0.2, 0.25) is 0 Å². The number of nitrogens with zero attached hydrogens (tertiary/aromatic N) is 4. The molecule has 0 saturated carbocycles. The van der Waals surface area contributed by atoms with Crippen molar-refractivity contribution < 1.29 is 0 Å². The van der Waals surface area contributed by atoms with E-state index in [4.69, 9.17) is 0 Å². The lowest BCUT2D eigenvalue weighted by Crippen LogP contribution is -2.23. The van der Waals surface area contributed by atoms with E-state index in [2.05, 4.69) is 21.9 Å². The van der Waals surface area contributed by atoms with Crippen molar-refractivity contribution >= 4 is 22.4 Å². The van der Waals surface area contributed by atoms with E-state index in [-0.39, 0.29) is 11.5 Å². The van der Waals surface area contributed by atoms with Crippen LogP contribution in [0, 0.1) is 6.92 Å². The lowest BCUT2D eigenvalue weighted by molar-refractivity contribution is 0.573. The summed E-state index contributed by atoms with van der Waals surface area (Å²) in [6, 6.07) is 3.51. The number of aryl methyl sites for hydroxylation is 1. The van der Waals surface area contributed by atoms with Gasteiger partial charge < -0.3 is 0 Å². The third kappa shape index (κ3) is 2.34. The lowest BCUT2D eigenvalue weighted by atomic mass is 10.2. The minimum absolute atomic E-state index is 0.0526. The molecule has 0 amide bonds. The highest BCUT2D eigenvalue weighted by Crippen LogP contribution is 2.20. The first kappa shape index (κ1) is 12.9. The van der Waals surface area contributed by atoms with Gasteiger partial charge in [0.25, 0.3) is 5.56 Å². The fourth-order valence-electron chi connectivity index (χ4n) is 2.10. The molecule has 5 nitrogen and oxygen atoms in total. The summed E-state index contributed by atoms with van der Waals surface area (Å²) in [6.07, 6.45) is 3.20. The summed E-state index contributed by atoms with van der Waals surface area (Å²) in [5.74, 6) is 0.183. The van der Waals surface area contributed by atoms with Gasteiger partial charge in [0.15, 0.2) is 5.65 Å². The average molecular weight is 286 g/mol. The Morgan fingerprint density at radius 3 is 3.00 bits per heavy atom. The van der Waals surface area contributed by atoms with Crippen LogP contribution in [0.4, 0.5) is 0 Å². The SMILES string of the molecule is Cc1csc([C@@H](C)Cn2cnc3ncccc3c2=O)n1. The number of thiazole rings is 1. The van der Waals surface area contributed by atoms with E-state index < -0.39 is 0 Å². The molecular formula is C14H14N4OS. The molecule has 3 heterocycles. The number of rotatable bonds is 3. The molecule has 0 N–H and O–H groups in total. The fourth-order valence-corrected chi connectivity index (χ4v) is 2.95. The van der Waals surface area contributed by atoms with Crippen LogP contribution in [0.1, 0.15) is 23.5 Å². The van der Waals surface area contributed by atoms with Crippen molar-refractivity contribution in [3.8, 4) is 0 Å². The Hall–Kier alpha value is -2.08. The predicted molar refractivity (Wildman–Crippen MR) is 79.1 cm³/mol. The van der Waals surface area contributed by atoms with Crippen LogP contribution >= 0.6 is 11.3 Å². The monoisotopic (exact) mass is 286 g/mol. The van der Waals surface area contributed by atoms with Gasteiger partial charge in [-0.3, -0.25) is 9.36 Å². The highest BCUT2D eigenvalue weighted by Gasteiger charge is 2.12. The van der Waals surface area contributed by atoms with Crippen molar-refractivity contribution in [1.82, 2.24) is 19.5 Å². The minimum atomic E-state index is -0.0526. The molecule has 3 aromatic rings. The van der Waals surface area contributed by atoms with Gasteiger partial charge >= 0.3 is 0 Å². The van der Waals surface area contributed by atoms with Gasteiger partial charge in [0.2, 0.25) is 0 Å². The summed E-state index contributed by atoms with van der Waals surface area (Å²) in [5, 5.41) is 3.62. The van der Waals surface area contributed by atoms with Gasteiger partial charge in [-0.2, -0.15) is 0 Å². The van der Waals surface area contributed by atoms with E-state index in [9.17, 15) is 4.79 Å². The molecule has 6 heteroatoms. The normalized spacial score (nSPS) is 12.7. The molecular weight excluding hydrogens is 272 g/mol. The molecule has 20 heavy (non-hydrogen) atoms. The Morgan fingerprint density at radius 1 is 1.40 bits per heavy atom. The Labute approximate surface area is 120 Å². The first-order valence-electron chi connectivity index (χ1n) is 6.37. The maximum absolute atomic E-state index is 12.4. The molecule has 102 valence electrons. The minimum Gasteiger partial charge on any atom is -0.298 e. The van der Waals surface area contributed by atoms with Gasteiger partial charge in [0, 0.05) is 29.7 Å². The van der Waals surface area contributed by atoms with Crippen LogP contribution in [0.25, 0.3) is 11.0 Å². The third-order valence-corrected chi connectivity index (χ3v) is 4.32. The molecule has 0 aromatic carbocycles. The van der Waals surface area contributed by atoms with Crippen molar-refractivity contribution in [2.75, 3.05) is 0 Å². The maximum atomic E-state index is 12.4. The summed E-state index contributed by atoms with van der Waals surface area (Å²) in [6.45, 7) is 4.61. The second-order valence-corrected chi connectivity index (χ2v) is 5.69. The molecule has 0 aliphatic rings. The Balaban J connectivity index is 1.95. The zero-order chi connectivity index (χ0) is 14.1. The Kier molecular flexibility index (Phi) is 3.31. The van der Waals surface area contributed by atoms with Gasteiger partial charge in [0.1, 0.15) is 6.33 Å². The Bertz CT molecular complexity index is 808. The lowest BCUT2D eigenvalue weighted by Gasteiger charge is -2.11. The molecule has 0 saturated heterocycles. The van der Waals surface area contributed by atoms with E-state index in [1.165, 1.54) is 0 Å². The molecule has 0 radical (unpaired) electrons. The number of hydrogen-bond acceptors (Lipinski definition) is 5. The van der Waals surface area contributed by atoms with Crippen molar-refractivity contribution in [3.05, 3.63) is 51.1 Å². The summed E-state index contributed by atoms with van der Waals surface area (Å²) in [5.41, 5.74) is 1.46. The van der Waals surface area contributed by atoms with Gasteiger partial charge in [-0.15, -0.1) is 11.3 Å². The van der Waals surface area contributed by atoms with E-state index in [0.717, 1.165) is 10.7 Å². The van der Waals surface area contributed by atoms with Gasteiger partial charge in [-0.25, -0.2) is 15.0 Å². The van der Waals surface area contributed by atoms with Gasteiger partial charge in [0.05, 0.1) is 10.4 Å². The van der Waals surface area contributed by atoms with Crippen LogP contribution < -0.4 is 5.56 Å². The number of aromatic nitrogens is 4. The Morgan fingerprint density at radius 2 is 2.25 bits per heavy atom. The summed E-state index contributed by atoms with van der Waals surface area (Å²) in [7, 11) is 0. The smallest absolute Gasteiger partial charge is 0.262 e. The first-order chi connectivity index (χ1) is 9.65. The van der Waals surface area contributed by atoms with E-state index >= 15 is 0 Å². The fraction of sp³-hybridized carbons (Fsp3) is 0.286. The summed E-state index contributed by atoms with van der Waals surface area (Å²) >= 11 is 1.63. The van der Waals surface area contributed by atoms with Gasteiger partial charge in [-0.1, -0.05) is 6.92 Å². The van der Waals surface area contributed by atoms with Crippen LogP contribution in [0.5, 0.6) is 0 Å². The molecule has 1 atom stereocenters. The number of pyridine rings is 1. The average Bonchev–Trinajstić information content (AvgIpc) is 2.89. The standard InChI is InChI=1S/C14H14N4OS/c1-9(13-17-10(2)7-20-13)6-18-8-16-12-11(14(18)19)4-3-5-15-12/h3-5,7-9H,6H2,1-2H3/t9-/m0/s1.